The van der Waals surface area contributed by atoms with E-state index in [9.17, 15) is 13.6 Å². The molecular formula is C12H13BrF2O3. The van der Waals surface area contributed by atoms with Crippen LogP contribution in [0.5, 0.6) is 5.75 Å². The van der Waals surface area contributed by atoms with Crippen molar-refractivity contribution in [2.24, 2.45) is 5.41 Å². The smallest absolute Gasteiger partial charge is 0.309 e. The van der Waals surface area contributed by atoms with Gasteiger partial charge in [0.15, 0.2) is 11.6 Å². The largest absolute Gasteiger partial charge is 0.493 e. The molecule has 0 heterocycles. The molecule has 0 aromatic heterocycles. The predicted octanol–water partition coefficient (Wildman–Crippen LogP) is 3.39. The van der Waals surface area contributed by atoms with Crippen molar-refractivity contribution < 1.29 is 23.4 Å². The molecule has 1 aromatic carbocycles. The molecule has 0 aliphatic heterocycles. The molecule has 6 heteroatoms. The lowest BCUT2D eigenvalue weighted by molar-refractivity contribution is -0.146. The lowest BCUT2D eigenvalue weighted by atomic mass is 9.85. The Morgan fingerprint density at radius 2 is 2.06 bits per heavy atom. The Morgan fingerprint density at radius 3 is 2.50 bits per heavy atom. The van der Waals surface area contributed by atoms with Crippen molar-refractivity contribution >= 4 is 21.9 Å². The normalized spacial score (nSPS) is 11.4. The molecule has 0 atom stereocenters. The van der Waals surface area contributed by atoms with Gasteiger partial charge < -0.3 is 9.84 Å². The highest BCUT2D eigenvalue weighted by Crippen LogP contribution is 2.35. The molecule has 0 radical (unpaired) electrons. The van der Waals surface area contributed by atoms with Crippen molar-refractivity contribution in [3.63, 3.8) is 0 Å². The van der Waals surface area contributed by atoms with Crippen LogP contribution in [0.2, 0.25) is 0 Å². The van der Waals surface area contributed by atoms with Crippen LogP contribution in [0.15, 0.2) is 10.5 Å². The van der Waals surface area contributed by atoms with E-state index in [2.05, 4.69) is 15.9 Å². The van der Waals surface area contributed by atoms with Crippen molar-refractivity contribution in [1.29, 1.82) is 0 Å². The molecule has 100 valence electrons. The zero-order valence-corrected chi connectivity index (χ0v) is 11.8. The molecular weight excluding hydrogens is 310 g/mol. The summed E-state index contributed by atoms with van der Waals surface area (Å²) in [7, 11) is 1.21. The molecule has 18 heavy (non-hydrogen) atoms. The topological polar surface area (TPSA) is 46.5 Å². The number of benzene rings is 1. The van der Waals surface area contributed by atoms with Gasteiger partial charge in [-0.1, -0.05) is 0 Å². The molecule has 0 saturated carbocycles. The van der Waals surface area contributed by atoms with Gasteiger partial charge in [0, 0.05) is 5.56 Å². The summed E-state index contributed by atoms with van der Waals surface area (Å²) >= 11 is 2.89. The Bertz CT molecular complexity index is 487. The number of carboxylic acid groups (broad SMARTS) is 1. The number of hydrogen-bond donors (Lipinski definition) is 1. The highest BCUT2D eigenvalue weighted by atomic mass is 79.9. The minimum Gasteiger partial charge on any atom is -0.493 e. The summed E-state index contributed by atoms with van der Waals surface area (Å²) in [5.41, 5.74) is -1.31. The van der Waals surface area contributed by atoms with Crippen LogP contribution in [0.1, 0.15) is 19.4 Å². The molecule has 0 aliphatic rings. The van der Waals surface area contributed by atoms with Crippen molar-refractivity contribution in [2.75, 3.05) is 7.11 Å². The number of hydrogen-bond acceptors (Lipinski definition) is 2. The van der Waals surface area contributed by atoms with Gasteiger partial charge in [-0.2, -0.15) is 0 Å². The van der Waals surface area contributed by atoms with Crippen LogP contribution in [0.4, 0.5) is 8.78 Å². The molecule has 1 aromatic rings. The summed E-state index contributed by atoms with van der Waals surface area (Å²) < 4.78 is 32.3. The first-order chi connectivity index (χ1) is 8.20. The molecule has 0 fully saturated rings. The Labute approximate surface area is 112 Å². The van der Waals surface area contributed by atoms with Crippen LogP contribution in [-0.2, 0) is 11.2 Å². The molecule has 3 nitrogen and oxygen atoms in total. The molecule has 0 aliphatic carbocycles. The molecule has 0 amide bonds. The summed E-state index contributed by atoms with van der Waals surface area (Å²) in [6.45, 7) is 2.88. The Balaban J connectivity index is 3.35. The van der Waals surface area contributed by atoms with E-state index < -0.39 is 23.0 Å². The van der Waals surface area contributed by atoms with E-state index in [-0.39, 0.29) is 22.2 Å². The van der Waals surface area contributed by atoms with Crippen LogP contribution in [0.25, 0.3) is 0 Å². The summed E-state index contributed by atoms with van der Waals surface area (Å²) in [5.74, 6) is -2.79. The van der Waals surface area contributed by atoms with Gasteiger partial charge in [-0.25, -0.2) is 8.78 Å². The number of halogens is 3. The molecule has 0 saturated heterocycles. The second-order valence-corrected chi connectivity index (χ2v) is 5.39. The molecule has 0 bridgehead atoms. The quantitative estimate of drug-likeness (QED) is 0.864. The number of methoxy groups -OCH3 is 1. The summed E-state index contributed by atoms with van der Waals surface area (Å²) in [4.78, 5) is 11.0. The third-order valence-electron chi connectivity index (χ3n) is 2.62. The van der Waals surface area contributed by atoms with Crippen LogP contribution in [0, 0.1) is 17.0 Å². The Hall–Kier alpha value is -1.17. The number of ether oxygens (including phenoxy) is 1. The fraction of sp³-hybridized carbons (Fsp3) is 0.417. The number of rotatable bonds is 4. The van der Waals surface area contributed by atoms with E-state index >= 15 is 0 Å². The van der Waals surface area contributed by atoms with Crippen LogP contribution in [0.3, 0.4) is 0 Å². The molecule has 1 rings (SSSR count). The highest BCUT2D eigenvalue weighted by Gasteiger charge is 2.31. The van der Waals surface area contributed by atoms with Crippen LogP contribution in [-0.4, -0.2) is 18.2 Å². The average Bonchev–Trinajstić information content (AvgIpc) is 2.25. The Morgan fingerprint density at radius 1 is 1.50 bits per heavy atom. The van der Waals surface area contributed by atoms with E-state index in [1.54, 1.807) is 0 Å². The third kappa shape index (κ3) is 2.80. The lowest BCUT2D eigenvalue weighted by Crippen LogP contribution is -2.27. The maximum Gasteiger partial charge on any atom is 0.309 e. The second kappa shape index (κ2) is 5.22. The third-order valence-corrected chi connectivity index (χ3v) is 3.20. The second-order valence-electron chi connectivity index (χ2n) is 4.53. The predicted molar refractivity (Wildman–Crippen MR) is 65.7 cm³/mol. The monoisotopic (exact) mass is 322 g/mol. The van der Waals surface area contributed by atoms with Gasteiger partial charge in [-0.15, -0.1) is 0 Å². The number of carboxylic acids is 1. The molecule has 0 unspecified atom stereocenters. The lowest BCUT2D eigenvalue weighted by Gasteiger charge is -2.21. The summed E-state index contributed by atoms with van der Waals surface area (Å²) in [6.07, 6.45) is -0.173. The fourth-order valence-electron chi connectivity index (χ4n) is 1.52. The van der Waals surface area contributed by atoms with Crippen molar-refractivity contribution in [2.45, 2.75) is 20.3 Å². The van der Waals surface area contributed by atoms with E-state index in [0.29, 0.717) is 0 Å². The van der Waals surface area contributed by atoms with Gasteiger partial charge in [0.1, 0.15) is 5.82 Å². The van der Waals surface area contributed by atoms with Gasteiger partial charge >= 0.3 is 5.97 Å². The number of carbonyl (C=O) groups is 1. The maximum atomic E-state index is 13.9. The first kappa shape index (κ1) is 14.9. The van der Waals surface area contributed by atoms with Crippen LogP contribution < -0.4 is 4.74 Å². The first-order valence-corrected chi connectivity index (χ1v) is 5.93. The van der Waals surface area contributed by atoms with E-state index in [4.69, 9.17) is 9.84 Å². The summed E-state index contributed by atoms with van der Waals surface area (Å²) in [5, 5.41) is 9.03. The van der Waals surface area contributed by atoms with Gasteiger partial charge in [-0.05, 0) is 42.3 Å². The first-order valence-electron chi connectivity index (χ1n) is 5.14. The summed E-state index contributed by atoms with van der Waals surface area (Å²) in [6, 6.07) is 0.950. The molecule has 0 spiro atoms. The Kier molecular flexibility index (Phi) is 4.32. The van der Waals surface area contributed by atoms with Gasteiger partial charge in [-0.3, -0.25) is 4.79 Å². The molecule has 1 N–H and O–H groups in total. The average molecular weight is 323 g/mol. The van der Waals surface area contributed by atoms with Gasteiger partial charge in [0.2, 0.25) is 0 Å². The van der Waals surface area contributed by atoms with Crippen LogP contribution >= 0.6 is 15.9 Å². The van der Waals surface area contributed by atoms with E-state index in [1.165, 1.54) is 21.0 Å². The zero-order valence-electron chi connectivity index (χ0n) is 10.2. The minimum absolute atomic E-state index is 0.0583. The van der Waals surface area contributed by atoms with Crippen molar-refractivity contribution in [1.82, 2.24) is 0 Å². The maximum absolute atomic E-state index is 13.9. The fourth-order valence-corrected chi connectivity index (χ4v) is 1.96. The number of aliphatic carboxylic acids is 1. The van der Waals surface area contributed by atoms with Crippen molar-refractivity contribution in [3.8, 4) is 5.75 Å². The SMILES string of the molecule is COc1c(F)cc(Br)c(F)c1CC(C)(C)C(=O)O. The van der Waals surface area contributed by atoms with Gasteiger partial charge in [0.05, 0.1) is 17.0 Å². The van der Waals surface area contributed by atoms with E-state index in [0.717, 1.165) is 6.07 Å². The van der Waals surface area contributed by atoms with Crippen molar-refractivity contribution in [3.05, 3.63) is 27.7 Å². The standard InChI is InChI=1S/C12H13BrF2O3/c1-12(2,11(16)17)5-6-9(15)7(13)4-8(14)10(6)18-3/h4H,5H2,1-3H3,(H,16,17). The van der Waals surface area contributed by atoms with Gasteiger partial charge in [0.25, 0.3) is 0 Å². The van der Waals surface area contributed by atoms with E-state index in [1.807, 2.05) is 0 Å². The highest BCUT2D eigenvalue weighted by molar-refractivity contribution is 9.10. The zero-order chi connectivity index (χ0) is 14.1. The minimum atomic E-state index is -1.22.